The minimum absolute atomic E-state index is 0.0623. The van der Waals surface area contributed by atoms with Crippen molar-refractivity contribution in [1.82, 2.24) is 4.98 Å². The third-order valence-corrected chi connectivity index (χ3v) is 6.21. The first kappa shape index (κ1) is 18.1. The van der Waals surface area contributed by atoms with Crippen LogP contribution in [0.25, 0.3) is 22.2 Å². The molecule has 4 rings (SSSR count). The van der Waals surface area contributed by atoms with E-state index in [-0.39, 0.29) is 12.0 Å². The zero-order chi connectivity index (χ0) is 19.2. The number of aliphatic hydroxyl groups excluding tert-OH is 1. The fourth-order valence-corrected chi connectivity index (χ4v) is 4.32. The minimum atomic E-state index is -1.06. The summed E-state index contributed by atoms with van der Waals surface area (Å²) in [4.78, 5) is 6.53. The van der Waals surface area contributed by atoms with Crippen LogP contribution in [0.5, 0.6) is 5.75 Å². The van der Waals surface area contributed by atoms with Gasteiger partial charge in [0.1, 0.15) is 5.75 Å². The van der Waals surface area contributed by atoms with Gasteiger partial charge in [-0.15, -0.1) is 0 Å². The van der Waals surface area contributed by atoms with Gasteiger partial charge in [0.25, 0.3) is 0 Å². The van der Waals surface area contributed by atoms with Crippen LogP contribution in [0.15, 0.2) is 47.4 Å². The van der Waals surface area contributed by atoms with Crippen molar-refractivity contribution in [2.75, 3.05) is 38.0 Å². The molecule has 0 bridgehead atoms. The van der Waals surface area contributed by atoms with Gasteiger partial charge in [0, 0.05) is 62.8 Å². The van der Waals surface area contributed by atoms with E-state index in [0.717, 1.165) is 51.6 Å². The molecule has 0 amide bonds. The Hall–Kier alpha value is -2.31. The number of nitrogens with zero attached hydrogens (tertiary/aromatic N) is 1. The molecule has 3 aromatic rings. The molecule has 0 radical (unpaired) electrons. The number of aliphatic hydroxyl groups is 1. The van der Waals surface area contributed by atoms with Crippen molar-refractivity contribution in [1.29, 1.82) is 0 Å². The van der Waals surface area contributed by atoms with E-state index in [1.54, 1.807) is 13.4 Å². The second kappa shape index (κ2) is 6.69. The van der Waals surface area contributed by atoms with Crippen LogP contribution < -0.4 is 9.64 Å². The molecule has 2 aromatic carbocycles. The maximum absolute atomic E-state index is 12.0. The molecule has 142 valence electrons. The third kappa shape index (κ3) is 3.13. The number of anilines is 1. The molecule has 5 nitrogen and oxygen atoms in total. The molecular weight excluding hydrogens is 360 g/mol. The topological polar surface area (TPSA) is 65.6 Å². The summed E-state index contributed by atoms with van der Waals surface area (Å²) in [5.74, 6) is 0.798. The molecule has 1 fully saturated rings. The number of para-hydroxylation sites is 1. The lowest BCUT2D eigenvalue weighted by molar-refractivity contribution is 0.111. The van der Waals surface area contributed by atoms with Crippen molar-refractivity contribution in [2.45, 2.75) is 11.8 Å². The summed E-state index contributed by atoms with van der Waals surface area (Å²) in [5.41, 5.74) is 3.96. The van der Waals surface area contributed by atoms with Crippen molar-refractivity contribution in [3.8, 4) is 17.0 Å². The number of ether oxygens (including phenoxy) is 1. The first-order valence-corrected chi connectivity index (χ1v) is 10.5. The lowest BCUT2D eigenvalue weighted by Gasteiger charge is -2.49. The first-order valence-electron chi connectivity index (χ1n) is 8.93. The number of aromatic nitrogens is 1. The molecule has 1 aliphatic heterocycles. The Morgan fingerprint density at radius 1 is 1.26 bits per heavy atom. The summed E-state index contributed by atoms with van der Waals surface area (Å²) in [6, 6.07) is 14.0. The van der Waals surface area contributed by atoms with Gasteiger partial charge in [-0.05, 0) is 30.3 Å². The second-order valence-corrected chi connectivity index (χ2v) is 8.95. The Bertz CT molecular complexity index is 1020. The summed E-state index contributed by atoms with van der Waals surface area (Å²) < 4.78 is 17.5. The highest BCUT2D eigenvalue weighted by molar-refractivity contribution is 7.84. The molecule has 0 saturated carbocycles. The maximum atomic E-state index is 12.0. The molecule has 6 heteroatoms. The summed E-state index contributed by atoms with van der Waals surface area (Å²) in [7, 11) is 0.608. The number of methoxy groups -OCH3 is 1. The predicted octanol–water partition coefficient (Wildman–Crippen LogP) is 3.40. The van der Waals surface area contributed by atoms with Gasteiger partial charge >= 0.3 is 0 Å². The summed E-state index contributed by atoms with van der Waals surface area (Å²) in [6.07, 6.45) is 1.69. The van der Waals surface area contributed by atoms with Crippen LogP contribution in [-0.2, 0) is 10.8 Å². The summed E-state index contributed by atoms with van der Waals surface area (Å²) in [6.45, 7) is 3.87. The zero-order valence-corrected chi connectivity index (χ0v) is 16.6. The standard InChI is InChI=1S/C21H24N2O3S/c1-21(13-24)11-23(12-21)18-8-7-15(27(3)25)10-16(18)17-9-14-5-4-6-19(26-2)20(14)22-17/h4-10,22,24H,11-13H2,1-3H3/t27-/m1/s1. The van der Waals surface area contributed by atoms with Gasteiger partial charge in [0.15, 0.2) is 0 Å². The molecule has 27 heavy (non-hydrogen) atoms. The third-order valence-electron chi connectivity index (χ3n) is 5.30. The van der Waals surface area contributed by atoms with Gasteiger partial charge in [-0.2, -0.15) is 0 Å². The van der Waals surface area contributed by atoms with Crippen LogP contribution >= 0.6 is 0 Å². The van der Waals surface area contributed by atoms with E-state index in [4.69, 9.17) is 4.74 Å². The monoisotopic (exact) mass is 384 g/mol. The lowest BCUT2D eigenvalue weighted by Crippen LogP contribution is -2.56. The van der Waals surface area contributed by atoms with Gasteiger partial charge < -0.3 is 19.7 Å². The number of H-pyrrole nitrogens is 1. The van der Waals surface area contributed by atoms with Gasteiger partial charge in [0.2, 0.25) is 0 Å². The largest absolute Gasteiger partial charge is 0.495 e. The zero-order valence-electron chi connectivity index (χ0n) is 15.8. The highest BCUT2D eigenvalue weighted by Crippen LogP contribution is 2.41. The number of hydrogen-bond donors (Lipinski definition) is 2. The fraction of sp³-hybridized carbons (Fsp3) is 0.333. The number of rotatable bonds is 5. The van der Waals surface area contributed by atoms with E-state index < -0.39 is 10.8 Å². The molecule has 1 atom stereocenters. The lowest BCUT2D eigenvalue weighted by atomic mass is 9.82. The molecule has 2 N–H and O–H groups in total. The van der Waals surface area contributed by atoms with Crippen LogP contribution in [0.3, 0.4) is 0 Å². The first-order chi connectivity index (χ1) is 12.9. The van der Waals surface area contributed by atoms with E-state index in [1.807, 2.05) is 36.4 Å². The van der Waals surface area contributed by atoms with E-state index in [9.17, 15) is 9.32 Å². The molecule has 1 aromatic heterocycles. The molecule has 0 spiro atoms. The molecule has 0 aliphatic carbocycles. The summed E-state index contributed by atoms with van der Waals surface area (Å²) in [5, 5.41) is 10.7. The van der Waals surface area contributed by atoms with E-state index in [1.165, 1.54) is 0 Å². The number of hydrogen-bond acceptors (Lipinski definition) is 4. The van der Waals surface area contributed by atoms with Crippen molar-refractivity contribution in [2.24, 2.45) is 5.41 Å². The Morgan fingerprint density at radius 2 is 2.04 bits per heavy atom. The van der Waals surface area contributed by atoms with Crippen LogP contribution in [0.1, 0.15) is 6.92 Å². The molecule has 2 heterocycles. The summed E-state index contributed by atoms with van der Waals surface area (Å²) >= 11 is 0. The number of nitrogens with one attached hydrogen (secondary N) is 1. The molecule has 1 aliphatic rings. The normalized spacial score (nSPS) is 17.0. The Balaban J connectivity index is 1.83. The molecule has 0 unspecified atom stereocenters. The van der Waals surface area contributed by atoms with Crippen molar-refractivity contribution in [3.63, 3.8) is 0 Å². The minimum Gasteiger partial charge on any atom is -0.495 e. The van der Waals surface area contributed by atoms with Gasteiger partial charge in [-0.25, -0.2) is 0 Å². The SMILES string of the molecule is COc1cccc2cc(-c3cc([S@@](C)=O)ccc3N3CC(C)(CO)C3)[nH]c12. The highest BCUT2D eigenvalue weighted by atomic mass is 32.2. The van der Waals surface area contributed by atoms with Crippen molar-refractivity contribution >= 4 is 27.4 Å². The second-order valence-electron chi connectivity index (χ2n) is 7.57. The van der Waals surface area contributed by atoms with Crippen LogP contribution in [0.4, 0.5) is 5.69 Å². The van der Waals surface area contributed by atoms with Gasteiger partial charge in [0.05, 0.1) is 19.2 Å². The average molecular weight is 385 g/mol. The van der Waals surface area contributed by atoms with Crippen LogP contribution in [0, 0.1) is 5.41 Å². The average Bonchev–Trinajstić information content (AvgIpc) is 3.09. The Kier molecular flexibility index (Phi) is 4.48. The van der Waals surface area contributed by atoms with E-state index in [0.29, 0.717) is 0 Å². The molecular formula is C21H24N2O3S. The quantitative estimate of drug-likeness (QED) is 0.708. The Labute approximate surface area is 161 Å². The van der Waals surface area contributed by atoms with E-state index >= 15 is 0 Å². The van der Waals surface area contributed by atoms with Gasteiger partial charge in [-0.3, -0.25) is 4.21 Å². The van der Waals surface area contributed by atoms with Crippen molar-refractivity contribution in [3.05, 3.63) is 42.5 Å². The highest BCUT2D eigenvalue weighted by Gasteiger charge is 2.39. The number of fused-ring (bicyclic) bond motifs is 1. The number of aromatic amines is 1. The maximum Gasteiger partial charge on any atom is 0.142 e. The number of benzene rings is 2. The Morgan fingerprint density at radius 3 is 2.70 bits per heavy atom. The molecule has 1 saturated heterocycles. The van der Waals surface area contributed by atoms with E-state index in [2.05, 4.69) is 22.9 Å². The predicted molar refractivity (Wildman–Crippen MR) is 110 cm³/mol. The van der Waals surface area contributed by atoms with Crippen LogP contribution in [-0.4, -0.2) is 47.4 Å². The van der Waals surface area contributed by atoms with Gasteiger partial charge in [-0.1, -0.05) is 19.1 Å². The van der Waals surface area contributed by atoms with Crippen molar-refractivity contribution < 1.29 is 14.1 Å². The fourth-order valence-electron chi connectivity index (χ4n) is 3.77. The van der Waals surface area contributed by atoms with Crippen LogP contribution in [0.2, 0.25) is 0 Å². The smallest absolute Gasteiger partial charge is 0.142 e.